The molecule has 0 aliphatic heterocycles. The summed E-state index contributed by atoms with van der Waals surface area (Å²) in [7, 11) is 2.11. The zero-order chi connectivity index (χ0) is 20.6. The van der Waals surface area contributed by atoms with E-state index in [9.17, 15) is 0 Å². The van der Waals surface area contributed by atoms with E-state index in [0.29, 0.717) is 17.1 Å². The van der Waals surface area contributed by atoms with E-state index in [1.807, 2.05) is 38.1 Å². The van der Waals surface area contributed by atoms with Gasteiger partial charge in [0.2, 0.25) is 0 Å². The minimum Gasteiger partial charge on any atom is -0.398 e. The molecule has 1 aromatic carbocycles. The van der Waals surface area contributed by atoms with Crippen molar-refractivity contribution in [3.05, 3.63) is 71.5 Å². The SMILES string of the molecule is C=CC(C=C(N)c1ccc(C)c(N)c1C)=NC(=C)/C=C(\C)CN(C)CCC. The summed E-state index contributed by atoms with van der Waals surface area (Å²) in [6.07, 6.45) is 6.62. The van der Waals surface area contributed by atoms with Gasteiger partial charge in [-0.25, -0.2) is 4.99 Å². The number of hydrogen-bond donors (Lipinski definition) is 2. The number of aryl methyl sites for hydroxylation is 1. The Bertz CT molecular complexity index is 782. The fourth-order valence-electron chi connectivity index (χ4n) is 2.97. The van der Waals surface area contributed by atoms with Gasteiger partial charge in [-0.15, -0.1) is 0 Å². The molecule has 0 unspecified atom stereocenters. The normalized spacial score (nSPS) is 13.2. The lowest BCUT2D eigenvalue weighted by atomic mass is 10.00. The van der Waals surface area contributed by atoms with E-state index in [4.69, 9.17) is 11.5 Å². The van der Waals surface area contributed by atoms with Crippen molar-refractivity contribution in [2.75, 3.05) is 25.9 Å². The molecule has 0 radical (unpaired) electrons. The second kappa shape index (κ2) is 10.5. The van der Waals surface area contributed by atoms with Crippen LogP contribution in [0.1, 0.15) is 37.0 Å². The summed E-state index contributed by atoms with van der Waals surface area (Å²) in [6.45, 7) is 18.1. The van der Waals surface area contributed by atoms with Gasteiger partial charge in [0.25, 0.3) is 0 Å². The van der Waals surface area contributed by atoms with Crippen molar-refractivity contribution in [1.82, 2.24) is 4.90 Å². The number of likely N-dealkylation sites (N-methyl/N-ethyl adjacent to an activating group) is 1. The first-order valence-corrected chi connectivity index (χ1v) is 9.28. The van der Waals surface area contributed by atoms with Gasteiger partial charge in [-0.2, -0.15) is 0 Å². The topological polar surface area (TPSA) is 67.6 Å². The number of nitrogens with zero attached hydrogens (tertiary/aromatic N) is 2. The van der Waals surface area contributed by atoms with Crippen LogP contribution in [0.3, 0.4) is 0 Å². The van der Waals surface area contributed by atoms with Crippen LogP contribution in [0.15, 0.2) is 59.8 Å². The van der Waals surface area contributed by atoms with Crippen molar-refractivity contribution >= 4 is 17.1 Å². The fraction of sp³-hybridized carbons (Fsp3) is 0.348. The predicted molar refractivity (Wildman–Crippen MR) is 121 cm³/mol. The number of anilines is 1. The first-order valence-electron chi connectivity index (χ1n) is 9.28. The Kier molecular flexibility index (Phi) is 8.76. The summed E-state index contributed by atoms with van der Waals surface area (Å²) in [4.78, 5) is 6.82. The molecule has 146 valence electrons. The first kappa shape index (κ1) is 22.5. The van der Waals surface area contributed by atoms with E-state index in [-0.39, 0.29) is 0 Å². The highest BCUT2D eigenvalue weighted by molar-refractivity contribution is 6.08. The van der Waals surface area contributed by atoms with Crippen LogP contribution in [-0.4, -0.2) is 30.7 Å². The van der Waals surface area contributed by atoms with Gasteiger partial charge in [0.15, 0.2) is 0 Å². The van der Waals surface area contributed by atoms with E-state index in [1.54, 1.807) is 6.08 Å². The minimum absolute atomic E-state index is 0.606. The van der Waals surface area contributed by atoms with Crippen molar-refractivity contribution < 1.29 is 0 Å². The molecule has 0 saturated carbocycles. The van der Waals surface area contributed by atoms with E-state index < -0.39 is 0 Å². The summed E-state index contributed by atoms with van der Waals surface area (Å²) >= 11 is 0. The molecule has 1 rings (SSSR count). The average Bonchev–Trinajstić information content (AvgIpc) is 2.58. The van der Waals surface area contributed by atoms with Gasteiger partial charge >= 0.3 is 0 Å². The molecule has 4 nitrogen and oxygen atoms in total. The minimum atomic E-state index is 0.606. The molecule has 0 saturated heterocycles. The smallest absolute Gasteiger partial charge is 0.0651 e. The van der Waals surface area contributed by atoms with Crippen LogP contribution in [0.5, 0.6) is 0 Å². The summed E-state index contributed by atoms with van der Waals surface area (Å²) in [5.74, 6) is 0. The van der Waals surface area contributed by atoms with Crippen LogP contribution in [-0.2, 0) is 0 Å². The summed E-state index contributed by atoms with van der Waals surface area (Å²) in [6, 6.07) is 3.96. The van der Waals surface area contributed by atoms with Gasteiger partial charge in [0.05, 0.1) is 11.4 Å². The number of benzene rings is 1. The van der Waals surface area contributed by atoms with Crippen molar-refractivity contribution in [3.8, 4) is 0 Å². The Hall–Kier alpha value is -2.59. The third-order valence-corrected chi connectivity index (χ3v) is 4.37. The Labute approximate surface area is 164 Å². The largest absolute Gasteiger partial charge is 0.398 e. The van der Waals surface area contributed by atoms with Gasteiger partial charge in [0.1, 0.15) is 0 Å². The second-order valence-electron chi connectivity index (χ2n) is 7.03. The predicted octanol–water partition coefficient (Wildman–Crippen LogP) is 4.61. The molecule has 4 N–H and O–H groups in total. The van der Waals surface area contributed by atoms with Gasteiger partial charge < -0.3 is 16.4 Å². The maximum absolute atomic E-state index is 6.29. The van der Waals surface area contributed by atoms with E-state index in [0.717, 1.165) is 41.9 Å². The quantitative estimate of drug-likeness (QED) is 0.381. The third-order valence-electron chi connectivity index (χ3n) is 4.37. The standard InChI is InChI=1S/C23H34N4/c1-8-12-27(7)15-16(3)13-18(5)26-20(9-2)14-22(24)21-11-10-17(4)23(25)19(21)6/h9-11,13-14H,2,5,8,12,15,24-25H2,1,3-4,6-7H3/b16-13+,22-14?,26-20?. The van der Waals surface area contributed by atoms with Crippen LogP contribution in [0.4, 0.5) is 5.69 Å². The number of nitrogens with two attached hydrogens (primary N) is 2. The third kappa shape index (κ3) is 6.91. The van der Waals surface area contributed by atoms with Crippen molar-refractivity contribution in [1.29, 1.82) is 0 Å². The van der Waals surface area contributed by atoms with E-state index >= 15 is 0 Å². The van der Waals surface area contributed by atoms with Gasteiger partial charge in [-0.1, -0.05) is 37.8 Å². The lowest BCUT2D eigenvalue weighted by Gasteiger charge is -2.15. The highest BCUT2D eigenvalue weighted by Gasteiger charge is 2.07. The molecule has 0 aliphatic carbocycles. The summed E-state index contributed by atoms with van der Waals surface area (Å²) in [5, 5.41) is 0. The lowest BCUT2D eigenvalue weighted by molar-refractivity contribution is 0.362. The molecule has 0 aliphatic rings. The average molecular weight is 367 g/mol. The Morgan fingerprint density at radius 1 is 1.26 bits per heavy atom. The molecule has 27 heavy (non-hydrogen) atoms. The fourth-order valence-corrected chi connectivity index (χ4v) is 2.97. The molecule has 0 amide bonds. The van der Waals surface area contributed by atoms with E-state index in [1.165, 1.54) is 5.57 Å². The molecule has 0 heterocycles. The molecule has 0 atom stereocenters. The van der Waals surface area contributed by atoms with Crippen LogP contribution >= 0.6 is 0 Å². The molecule has 1 aromatic rings. The van der Waals surface area contributed by atoms with Crippen molar-refractivity contribution in [3.63, 3.8) is 0 Å². The first-order chi connectivity index (χ1) is 12.7. The molecule has 0 fully saturated rings. The van der Waals surface area contributed by atoms with Gasteiger partial charge in [0, 0.05) is 23.5 Å². The Morgan fingerprint density at radius 2 is 1.93 bits per heavy atom. The number of rotatable bonds is 9. The molecule has 0 spiro atoms. The summed E-state index contributed by atoms with van der Waals surface area (Å²) < 4.78 is 0. The number of allylic oxidation sites excluding steroid dienone is 3. The number of hydrogen-bond acceptors (Lipinski definition) is 4. The van der Waals surface area contributed by atoms with Gasteiger partial charge in [-0.3, -0.25) is 0 Å². The van der Waals surface area contributed by atoms with Crippen LogP contribution < -0.4 is 11.5 Å². The second-order valence-corrected chi connectivity index (χ2v) is 7.03. The number of nitrogen functional groups attached to an aromatic ring is 1. The Morgan fingerprint density at radius 3 is 2.52 bits per heavy atom. The van der Waals surface area contributed by atoms with Crippen molar-refractivity contribution in [2.24, 2.45) is 10.7 Å². The molecular weight excluding hydrogens is 332 g/mol. The maximum atomic E-state index is 6.29. The summed E-state index contributed by atoms with van der Waals surface area (Å²) in [5.41, 5.74) is 19.3. The van der Waals surface area contributed by atoms with Gasteiger partial charge in [-0.05, 0) is 70.1 Å². The van der Waals surface area contributed by atoms with Crippen molar-refractivity contribution in [2.45, 2.75) is 34.1 Å². The maximum Gasteiger partial charge on any atom is 0.0651 e. The molecule has 0 aromatic heterocycles. The van der Waals surface area contributed by atoms with Crippen LogP contribution in [0, 0.1) is 13.8 Å². The highest BCUT2D eigenvalue weighted by Crippen LogP contribution is 2.24. The zero-order valence-corrected chi connectivity index (χ0v) is 17.5. The Balaban J connectivity index is 3.03. The van der Waals surface area contributed by atoms with Crippen LogP contribution in [0.2, 0.25) is 0 Å². The molecule has 4 heteroatoms. The highest BCUT2D eigenvalue weighted by atomic mass is 15.1. The molecular formula is C23H34N4. The van der Waals surface area contributed by atoms with Crippen LogP contribution in [0.25, 0.3) is 5.70 Å². The zero-order valence-electron chi connectivity index (χ0n) is 17.5. The number of aliphatic imine (C=N–C) groups is 1. The molecule has 0 bridgehead atoms. The van der Waals surface area contributed by atoms with E-state index in [2.05, 4.69) is 43.9 Å². The monoisotopic (exact) mass is 366 g/mol. The lowest BCUT2D eigenvalue weighted by Crippen LogP contribution is -2.21.